The molecule has 1 N–H and O–H groups in total. The molecule has 4 rings (SSSR count). The number of methoxy groups -OCH3 is 1. The van der Waals surface area contributed by atoms with Crippen LogP contribution in [0, 0.1) is 34.5 Å². The number of aliphatic hydroxyl groups is 1. The van der Waals surface area contributed by atoms with Crippen molar-refractivity contribution in [2.75, 3.05) is 13.9 Å². The van der Waals surface area contributed by atoms with Crippen molar-refractivity contribution in [2.45, 2.75) is 84.3 Å². The zero-order valence-corrected chi connectivity index (χ0v) is 17.2. The lowest BCUT2D eigenvalue weighted by atomic mass is 9.44. The molecule has 4 aliphatic rings. The second-order valence-electron chi connectivity index (χ2n) is 10.2. The van der Waals surface area contributed by atoms with E-state index < -0.39 is 0 Å². The number of rotatable bonds is 3. The molecule has 4 saturated carbocycles. The van der Waals surface area contributed by atoms with Gasteiger partial charge in [-0.25, -0.2) is 0 Å². The summed E-state index contributed by atoms with van der Waals surface area (Å²) in [5.74, 6) is 2.99. The first kappa shape index (κ1) is 19.0. The van der Waals surface area contributed by atoms with Crippen LogP contribution in [0.2, 0.25) is 0 Å². The number of hydrogen-bond donors (Lipinski definition) is 1. The Bertz CT molecular complexity index is 558. The summed E-state index contributed by atoms with van der Waals surface area (Å²) < 4.78 is 10.9. The van der Waals surface area contributed by atoms with Gasteiger partial charge in [0, 0.05) is 7.11 Å². The SMILES string of the molecule is C/C=C1\CC2CC(OCOC)C(O)CC2(C)C2CCC3(C)CCCC3C12. The van der Waals surface area contributed by atoms with Crippen molar-refractivity contribution in [1.29, 1.82) is 0 Å². The van der Waals surface area contributed by atoms with Crippen LogP contribution in [-0.4, -0.2) is 31.2 Å². The van der Waals surface area contributed by atoms with E-state index in [0.29, 0.717) is 11.3 Å². The maximum absolute atomic E-state index is 10.9. The lowest BCUT2D eigenvalue weighted by Crippen LogP contribution is -2.57. The van der Waals surface area contributed by atoms with Crippen LogP contribution in [0.15, 0.2) is 11.6 Å². The van der Waals surface area contributed by atoms with Crippen LogP contribution < -0.4 is 0 Å². The summed E-state index contributed by atoms with van der Waals surface area (Å²) in [6.45, 7) is 7.60. The number of aliphatic hydroxyl groups excluding tert-OH is 1. The first-order chi connectivity index (χ1) is 12.4. The highest BCUT2D eigenvalue weighted by atomic mass is 16.7. The highest BCUT2D eigenvalue weighted by Crippen LogP contribution is 2.67. The predicted octanol–water partition coefficient (Wildman–Crippen LogP) is 4.94. The van der Waals surface area contributed by atoms with Gasteiger partial charge in [0.2, 0.25) is 0 Å². The average Bonchev–Trinajstić information content (AvgIpc) is 3.01. The third-order valence-corrected chi connectivity index (χ3v) is 9.11. The van der Waals surface area contributed by atoms with Gasteiger partial charge in [-0.1, -0.05) is 31.9 Å². The smallest absolute Gasteiger partial charge is 0.146 e. The molecule has 148 valence electrons. The van der Waals surface area contributed by atoms with Gasteiger partial charge in [-0.3, -0.25) is 0 Å². The summed E-state index contributed by atoms with van der Waals surface area (Å²) in [6, 6.07) is 0. The Hall–Kier alpha value is -0.380. The molecule has 0 heterocycles. The molecule has 4 aliphatic carbocycles. The van der Waals surface area contributed by atoms with Gasteiger partial charge < -0.3 is 14.6 Å². The summed E-state index contributed by atoms with van der Waals surface area (Å²) in [5.41, 5.74) is 2.54. The largest absolute Gasteiger partial charge is 0.390 e. The molecule has 3 heteroatoms. The second kappa shape index (κ2) is 6.90. The third-order valence-electron chi connectivity index (χ3n) is 9.11. The van der Waals surface area contributed by atoms with E-state index in [1.54, 1.807) is 12.7 Å². The van der Waals surface area contributed by atoms with E-state index in [1.165, 1.54) is 38.5 Å². The lowest BCUT2D eigenvalue weighted by Gasteiger charge is -2.62. The van der Waals surface area contributed by atoms with E-state index in [4.69, 9.17) is 9.47 Å². The molecule has 0 radical (unpaired) electrons. The summed E-state index contributed by atoms with van der Waals surface area (Å²) in [4.78, 5) is 0. The summed E-state index contributed by atoms with van der Waals surface area (Å²) >= 11 is 0. The second-order valence-corrected chi connectivity index (χ2v) is 10.2. The van der Waals surface area contributed by atoms with E-state index >= 15 is 0 Å². The molecule has 0 aromatic heterocycles. The highest BCUT2D eigenvalue weighted by molar-refractivity contribution is 5.23. The Labute approximate surface area is 159 Å². The van der Waals surface area contributed by atoms with E-state index in [-0.39, 0.29) is 24.4 Å². The highest BCUT2D eigenvalue weighted by Gasteiger charge is 2.60. The van der Waals surface area contributed by atoms with Crippen LogP contribution in [-0.2, 0) is 9.47 Å². The first-order valence-corrected chi connectivity index (χ1v) is 10.9. The van der Waals surface area contributed by atoms with Gasteiger partial charge in [-0.15, -0.1) is 0 Å². The summed E-state index contributed by atoms with van der Waals surface area (Å²) in [7, 11) is 1.66. The number of ether oxygens (including phenoxy) is 2. The fourth-order valence-corrected chi connectivity index (χ4v) is 7.68. The fourth-order valence-electron chi connectivity index (χ4n) is 7.68. The molecule has 0 amide bonds. The van der Waals surface area contributed by atoms with E-state index in [9.17, 15) is 5.11 Å². The minimum Gasteiger partial charge on any atom is -0.390 e. The summed E-state index contributed by atoms with van der Waals surface area (Å²) in [6.07, 6.45) is 12.1. The zero-order chi connectivity index (χ0) is 18.5. The molecule has 0 saturated heterocycles. The van der Waals surface area contributed by atoms with Crippen molar-refractivity contribution < 1.29 is 14.6 Å². The molecule has 0 bridgehead atoms. The molecule has 8 unspecified atom stereocenters. The van der Waals surface area contributed by atoms with Crippen LogP contribution in [0.25, 0.3) is 0 Å². The van der Waals surface area contributed by atoms with Gasteiger partial charge >= 0.3 is 0 Å². The van der Waals surface area contributed by atoms with Crippen LogP contribution in [0.3, 0.4) is 0 Å². The molecule has 0 spiro atoms. The van der Waals surface area contributed by atoms with Crippen molar-refractivity contribution in [3.63, 3.8) is 0 Å². The van der Waals surface area contributed by atoms with Crippen LogP contribution >= 0.6 is 0 Å². The Kier molecular flexibility index (Phi) is 5.03. The van der Waals surface area contributed by atoms with Gasteiger partial charge in [-0.05, 0) is 86.4 Å². The number of fused-ring (bicyclic) bond motifs is 5. The minimum absolute atomic E-state index is 0.0666. The molecular formula is C23H38O3. The summed E-state index contributed by atoms with van der Waals surface area (Å²) in [5, 5.41) is 10.9. The van der Waals surface area contributed by atoms with Crippen LogP contribution in [0.4, 0.5) is 0 Å². The first-order valence-electron chi connectivity index (χ1n) is 10.9. The molecule has 26 heavy (non-hydrogen) atoms. The quantitative estimate of drug-likeness (QED) is 0.571. The standard InChI is InChI=1S/C23H38O3/c1-5-15-11-16-12-20(26-14-25-4)19(24)13-23(16,3)18-8-10-22(2)9-6-7-17(22)21(15)18/h5,16-21,24H,6-14H2,1-4H3/b15-5+. The molecule has 8 atom stereocenters. The van der Waals surface area contributed by atoms with Gasteiger partial charge in [0.1, 0.15) is 6.79 Å². The van der Waals surface area contributed by atoms with Crippen molar-refractivity contribution in [1.82, 2.24) is 0 Å². The molecule has 3 nitrogen and oxygen atoms in total. The Balaban J connectivity index is 1.63. The molecular weight excluding hydrogens is 324 g/mol. The number of hydrogen-bond acceptors (Lipinski definition) is 3. The van der Waals surface area contributed by atoms with E-state index in [2.05, 4.69) is 26.8 Å². The van der Waals surface area contributed by atoms with Crippen LogP contribution in [0.1, 0.15) is 72.1 Å². The molecule has 4 fully saturated rings. The van der Waals surface area contributed by atoms with Gasteiger partial charge in [-0.2, -0.15) is 0 Å². The maximum Gasteiger partial charge on any atom is 0.146 e. The Morgan fingerprint density at radius 3 is 2.73 bits per heavy atom. The Morgan fingerprint density at radius 2 is 2.00 bits per heavy atom. The van der Waals surface area contributed by atoms with Gasteiger partial charge in [0.25, 0.3) is 0 Å². The fraction of sp³-hybridized carbons (Fsp3) is 0.913. The maximum atomic E-state index is 10.9. The van der Waals surface area contributed by atoms with E-state index in [1.807, 2.05) is 0 Å². The normalized spacial score (nSPS) is 52.4. The Morgan fingerprint density at radius 1 is 1.19 bits per heavy atom. The van der Waals surface area contributed by atoms with Crippen molar-refractivity contribution in [2.24, 2.45) is 34.5 Å². The van der Waals surface area contributed by atoms with Crippen molar-refractivity contribution >= 4 is 0 Å². The number of allylic oxidation sites excluding steroid dienone is 2. The predicted molar refractivity (Wildman–Crippen MR) is 104 cm³/mol. The van der Waals surface area contributed by atoms with Gasteiger partial charge in [0.15, 0.2) is 0 Å². The molecule has 0 aliphatic heterocycles. The van der Waals surface area contributed by atoms with Gasteiger partial charge in [0.05, 0.1) is 12.2 Å². The minimum atomic E-state index is -0.351. The average molecular weight is 363 g/mol. The molecule has 0 aromatic rings. The molecule has 0 aromatic carbocycles. The monoisotopic (exact) mass is 362 g/mol. The van der Waals surface area contributed by atoms with Crippen molar-refractivity contribution in [3.05, 3.63) is 11.6 Å². The van der Waals surface area contributed by atoms with Crippen LogP contribution in [0.5, 0.6) is 0 Å². The van der Waals surface area contributed by atoms with Crippen molar-refractivity contribution in [3.8, 4) is 0 Å². The lowest BCUT2D eigenvalue weighted by molar-refractivity contribution is -0.179. The topological polar surface area (TPSA) is 38.7 Å². The van der Waals surface area contributed by atoms with E-state index in [0.717, 1.165) is 30.6 Å². The third kappa shape index (κ3) is 2.81. The zero-order valence-electron chi connectivity index (χ0n) is 17.2.